The van der Waals surface area contributed by atoms with E-state index < -0.39 is 5.97 Å². The summed E-state index contributed by atoms with van der Waals surface area (Å²) in [6.45, 7) is 4.05. The van der Waals surface area contributed by atoms with Gasteiger partial charge in [-0.25, -0.2) is 9.48 Å². The summed E-state index contributed by atoms with van der Waals surface area (Å²) in [5.41, 5.74) is 1.74. The molecular formula is C23H25N3O4S. The molecule has 7 nitrogen and oxygen atoms in total. The van der Waals surface area contributed by atoms with Crippen LogP contribution in [0.5, 0.6) is 0 Å². The van der Waals surface area contributed by atoms with Gasteiger partial charge < -0.3 is 10.1 Å². The normalized spacial score (nSPS) is 10.7. The molecule has 0 bridgehead atoms. The van der Waals surface area contributed by atoms with Gasteiger partial charge in [-0.15, -0.1) is 11.8 Å². The van der Waals surface area contributed by atoms with E-state index in [4.69, 9.17) is 4.74 Å². The first-order chi connectivity index (χ1) is 14.9. The first-order valence-electron chi connectivity index (χ1n) is 9.96. The second-order valence-electron chi connectivity index (χ2n) is 6.91. The molecule has 0 aliphatic rings. The molecular weight excluding hydrogens is 414 g/mol. The number of aromatic nitrogens is 2. The molecule has 0 fully saturated rings. The van der Waals surface area contributed by atoms with Crippen LogP contribution in [0.25, 0.3) is 5.69 Å². The summed E-state index contributed by atoms with van der Waals surface area (Å²) in [5, 5.41) is 2.73. The van der Waals surface area contributed by atoms with Crippen LogP contribution >= 0.6 is 11.8 Å². The molecule has 0 aliphatic carbocycles. The lowest BCUT2D eigenvalue weighted by atomic mass is 10.2. The third kappa shape index (κ3) is 5.08. The van der Waals surface area contributed by atoms with Crippen molar-refractivity contribution in [1.82, 2.24) is 9.36 Å². The zero-order chi connectivity index (χ0) is 22.4. The minimum Gasteiger partial charge on any atom is -0.462 e. The monoisotopic (exact) mass is 439 g/mol. The van der Waals surface area contributed by atoms with Gasteiger partial charge in [-0.1, -0.05) is 37.3 Å². The van der Waals surface area contributed by atoms with Crippen LogP contribution in [0.1, 0.15) is 29.4 Å². The molecule has 0 spiro atoms. The summed E-state index contributed by atoms with van der Waals surface area (Å²) in [5.74, 6) is -0.681. The average Bonchev–Trinajstić information content (AvgIpc) is 2.99. The fourth-order valence-electron chi connectivity index (χ4n) is 3.06. The van der Waals surface area contributed by atoms with Gasteiger partial charge in [0.05, 0.1) is 29.3 Å². The highest BCUT2D eigenvalue weighted by Crippen LogP contribution is 2.24. The minimum absolute atomic E-state index is 0.0528. The second-order valence-corrected chi connectivity index (χ2v) is 7.92. The van der Waals surface area contributed by atoms with Crippen LogP contribution in [0.4, 0.5) is 5.69 Å². The molecule has 8 heteroatoms. The predicted molar refractivity (Wildman–Crippen MR) is 122 cm³/mol. The Morgan fingerprint density at radius 2 is 1.74 bits per heavy atom. The molecule has 0 saturated heterocycles. The van der Waals surface area contributed by atoms with Crippen molar-refractivity contribution in [2.75, 3.05) is 17.7 Å². The van der Waals surface area contributed by atoms with Crippen LogP contribution in [0.2, 0.25) is 0 Å². The number of nitrogens with one attached hydrogen (secondary N) is 1. The highest BCUT2D eigenvalue weighted by Gasteiger charge is 2.19. The number of para-hydroxylation sites is 1. The predicted octanol–water partition coefficient (Wildman–Crippen LogP) is 3.78. The summed E-state index contributed by atoms with van der Waals surface area (Å²) >= 11 is 1.23. The molecule has 0 unspecified atom stereocenters. The van der Waals surface area contributed by atoms with E-state index in [2.05, 4.69) is 5.32 Å². The smallest absolute Gasteiger partial charge is 0.339 e. The molecule has 0 radical (unpaired) electrons. The summed E-state index contributed by atoms with van der Waals surface area (Å²) in [4.78, 5) is 38.4. The number of hydrogen-bond acceptors (Lipinski definition) is 5. The van der Waals surface area contributed by atoms with Crippen molar-refractivity contribution in [2.24, 2.45) is 7.05 Å². The maximum atomic E-state index is 12.9. The van der Waals surface area contributed by atoms with Crippen molar-refractivity contribution in [2.45, 2.75) is 25.2 Å². The topological polar surface area (TPSA) is 82.3 Å². The van der Waals surface area contributed by atoms with Gasteiger partial charge >= 0.3 is 5.97 Å². The Bertz CT molecular complexity index is 1140. The summed E-state index contributed by atoms with van der Waals surface area (Å²) in [7, 11) is 1.77. The zero-order valence-electron chi connectivity index (χ0n) is 17.8. The number of carbonyl (C=O) groups is 2. The number of nitrogens with zero attached hydrogens (tertiary/aromatic N) is 2. The third-order valence-corrected chi connectivity index (χ3v) is 5.80. The van der Waals surface area contributed by atoms with E-state index in [1.54, 1.807) is 42.9 Å². The highest BCUT2D eigenvalue weighted by atomic mass is 32.2. The van der Waals surface area contributed by atoms with Crippen LogP contribution in [-0.4, -0.2) is 33.6 Å². The van der Waals surface area contributed by atoms with Crippen molar-refractivity contribution in [3.8, 4) is 5.69 Å². The number of amides is 1. The number of ether oxygens (including phenoxy) is 1. The number of rotatable bonds is 8. The maximum absolute atomic E-state index is 12.9. The summed E-state index contributed by atoms with van der Waals surface area (Å²) < 4.78 is 8.43. The van der Waals surface area contributed by atoms with E-state index in [-0.39, 0.29) is 22.9 Å². The Hall–Kier alpha value is -3.26. The second kappa shape index (κ2) is 10.2. The van der Waals surface area contributed by atoms with Gasteiger partial charge in [0.15, 0.2) is 0 Å². The molecule has 0 aliphatic heterocycles. The van der Waals surface area contributed by atoms with Crippen LogP contribution in [0, 0.1) is 6.92 Å². The fraction of sp³-hybridized carbons (Fsp3) is 0.261. The molecule has 2 aromatic carbocycles. The number of esters is 1. The number of hydrogen-bond donors (Lipinski definition) is 1. The standard InChI is InChI=1S/C23H25N3O4S/c1-4-14-30-23(29)18-12-8-9-13-19(18)31-15-20(27)24-21-16(2)25(3)26(22(21)28)17-10-6-5-7-11-17/h5-13H,4,14-15H2,1-3H3,(H,24,27). The zero-order valence-corrected chi connectivity index (χ0v) is 18.6. The van der Waals surface area contributed by atoms with E-state index in [1.807, 2.05) is 37.3 Å². The Balaban J connectivity index is 1.73. The van der Waals surface area contributed by atoms with E-state index >= 15 is 0 Å². The Kier molecular flexibility index (Phi) is 7.36. The van der Waals surface area contributed by atoms with Crippen LogP contribution in [0.15, 0.2) is 64.3 Å². The first kappa shape index (κ1) is 22.4. The lowest BCUT2D eigenvalue weighted by molar-refractivity contribution is -0.113. The molecule has 0 saturated carbocycles. The third-order valence-electron chi connectivity index (χ3n) is 4.72. The van der Waals surface area contributed by atoms with Gasteiger partial charge in [-0.2, -0.15) is 0 Å². The summed E-state index contributed by atoms with van der Waals surface area (Å²) in [6.07, 6.45) is 0.737. The quantitative estimate of drug-likeness (QED) is 0.427. The van der Waals surface area contributed by atoms with Gasteiger partial charge in [0.25, 0.3) is 5.56 Å². The molecule has 3 aromatic rings. The Morgan fingerprint density at radius 3 is 2.45 bits per heavy atom. The molecule has 162 valence electrons. The number of anilines is 1. The molecule has 3 rings (SSSR count). The van der Waals surface area contributed by atoms with Crippen molar-refractivity contribution in [1.29, 1.82) is 0 Å². The maximum Gasteiger partial charge on any atom is 0.339 e. The lowest BCUT2D eigenvalue weighted by Crippen LogP contribution is -2.23. The van der Waals surface area contributed by atoms with Crippen LogP contribution in [-0.2, 0) is 16.6 Å². The largest absolute Gasteiger partial charge is 0.462 e. The number of benzene rings is 2. The van der Waals surface area contributed by atoms with Crippen molar-refractivity contribution in [3.63, 3.8) is 0 Å². The Labute approximate surface area is 185 Å². The van der Waals surface area contributed by atoms with E-state index in [0.717, 1.165) is 6.42 Å². The van der Waals surface area contributed by atoms with Crippen LogP contribution in [0.3, 0.4) is 0 Å². The highest BCUT2D eigenvalue weighted by molar-refractivity contribution is 8.00. The van der Waals surface area contributed by atoms with E-state index in [0.29, 0.717) is 28.4 Å². The molecule has 31 heavy (non-hydrogen) atoms. The van der Waals surface area contributed by atoms with Crippen LogP contribution < -0.4 is 10.9 Å². The fourth-order valence-corrected chi connectivity index (χ4v) is 3.91. The molecule has 1 N–H and O–H groups in total. The van der Waals surface area contributed by atoms with Gasteiger partial charge in [0.2, 0.25) is 5.91 Å². The summed E-state index contributed by atoms with van der Waals surface area (Å²) in [6, 6.07) is 16.2. The van der Waals surface area contributed by atoms with Crippen molar-refractivity contribution >= 4 is 29.3 Å². The minimum atomic E-state index is -0.407. The van der Waals surface area contributed by atoms with Crippen molar-refractivity contribution < 1.29 is 14.3 Å². The Morgan fingerprint density at radius 1 is 1.06 bits per heavy atom. The number of thioether (sulfide) groups is 1. The van der Waals surface area contributed by atoms with Crippen molar-refractivity contribution in [3.05, 3.63) is 76.2 Å². The molecule has 1 aromatic heterocycles. The van der Waals surface area contributed by atoms with Gasteiger partial charge in [-0.3, -0.25) is 14.3 Å². The molecule has 0 atom stereocenters. The average molecular weight is 440 g/mol. The van der Waals surface area contributed by atoms with E-state index in [9.17, 15) is 14.4 Å². The van der Waals surface area contributed by atoms with Gasteiger partial charge in [0.1, 0.15) is 5.69 Å². The SMILES string of the molecule is CCCOC(=O)c1ccccc1SCC(=O)Nc1c(C)n(C)n(-c2ccccc2)c1=O. The lowest BCUT2D eigenvalue weighted by Gasteiger charge is -2.09. The van der Waals surface area contributed by atoms with Gasteiger partial charge in [0, 0.05) is 11.9 Å². The molecule has 1 amide bonds. The van der Waals surface area contributed by atoms with E-state index in [1.165, 1.54) is 16.4 Å². The molecule has 1 heterocycles. The number of carbonyl (C=O) groups excluding carboxylic acids is 2. The van der Waals surface area contributed by atoms with Gasteiger partial charge in [-0.05, 0) is 37.6 Å². The first-order valence-corrected chi connectivity index (χ1v) is 11.0.